The lowest BCUT2D eigenvalue weighted by atomic mass is 10.1. The Labute approximate surface area is 148 Å². The van der Waals surface area contributed by atoms with Crippen LogP contribution >= 0.6 is 0 Å². The van der Waals surface area contributed by atoms with Gasteiger partial charge in [0.2, 0.25) is 5.95 Å². The van der Waals surface area contributed by atoms with Gasteiger partial charge >= 0.3 is 0 Å². The highest BCUT2D eigenvalue weighted by Gasteiger charge is 2.09. The van der Waals surface area contributed by atoms with Crippen molar-refractivity contribution in [2.45, 2.75) is 6.92 Å². The fraction of sp³-hybridized carbons (Fsp3) is 0.368. The van der Waals surface area contributed by atoms with E-state index in [0.29, 0.717) is 11.6 Å². The van der Waals surface area contributed by atoms with E-state index in [1.165, 1.54) is 0 Å². The highest BCUT2D eigenvalue weighted by molar-refractivity contribution is 5.53. The summed E-state index contributed by atoms with van der Waals surface area (Å²) < 4.78 is 5.34. The average molecular weight is 337 g/mol. The van der Waals surface area contributed by atoms with Crippen molar-refractivity contribution in [1.29, 1.82) is 0 Å². The van der Waals surface area contributed by atoms with Crippen molar-refractivity contribution in [3.8, 4) is 11.8 Å². The van der Waals surface area contributed by atoms with Gasteiger partial charge in [-0.3, -0.25) is 4.90 Å². The van der Waals surface area contributed by atoms with Gasteiger partial charge in [0.15, 0.2) is 0 Å². The molecule has 6 nitrogen and oxygen atoms in total. The Bertz CT molecular complexity index is 758. The minimum absolute atomic E-state index is 0.624. The number of morpholine rings is 1. The minimum atomic E-state index is 0.624. The number of hydrogen-bond donors (Lipinski definition) is 2. The zero-order valence-electron chi connectivity index (χ0n) is 14.5. The smallest absolute Gasteiger partial charge is 0.222 e. The van der Waals surface area contributed by atoms with Crippen LogP contribution in [0.4, 0.5) is 11.6 Å². The zero-order chi connectivity index (χ0) is 17.5. The monoisotopic (exact) mass is 337 g/mol. The van der Waals surface area contributed by atoms with Gasteiger partial charge in [-0.25, -0.2) is 9.97 Å². The predicted octanol–water partition coefficient (Wildman–Crippen LogP) is 1.51. The van der Waals surface area contributed by atoms with Crippen molar-refractivity contribution in [3.63, 3.8) is 0 Å². The van der Waals surface area contributed by atoms with E-state index in [-0.39, 0.29) is 0 Å². The van der Waals surface area contributed by atoms with Crippen LogP contribution in [0.3, 0.4) is 0 Å². The topological polar surface area (TPSA) is 76.3 Å². The van der Waals surface area contributed by atoms with Crippen LogP contribution in [0.1, 0.15) is 16.7 Å². The van der Waals surface area contributed by atoms with Crippen molar-refractivity contribution in [2.24, 2.45) is 0 Å². The molecule has 3 rings (SSSR count). The molecule has 0 spiro atoms. The van der Waals surface area contributed by atoms with Crippen molar-refractivity contribution in [1.82, 2.24) is 14.9 Å². The van der Waals surface area contributed by atoms with Crippen LogP contribution in [0.5, 0.6) is 0 Å². The molecule has 1 aliphatic heterocycles. The molecule has 130 valence electrons. The molecular formula is C19H23N5O. The van der Waals surface area contributed by atoms with E-state index in [2.05, 4.69) is 32.0 Å². The summed E-state index contributed by atoms with van der Waals surface area (Å²) in [5.74, 6) is 6.83. The molecule has 1 aromatic carbocycles. The Morgan fingerprint density at radius 2 is 1.96 bits per heavy atom. The molecule has 1 aromatic heterocycles. The molecule has 2 aromatic rings. The molecule has 0 saturated carbocycles. The fourth-order valence-electron chi connectivity index (χ4n) is 2.55. The van der Waals surface area contributed by atoms with E-state index in [4.69, 9.17) is 10.5 Å². The molecule has 1 fully saturated rings. The fourth-order valence-corrected chi connectivity index (χ4v) is 2.55. The number of ether oxygens (including phenoxy) is 1. The Hall–Kier alpha value is -2.62. The van der Waals surface area contributed by atoms with Gasteiger partial charge in [-0.15, -0.1) is 0 Å². The van der Waals surface area contributed by atoms with Crippen LogP contribution in [0.25, 0.3) is 0 Å². The molecule has 3 N–H and O–H groups in total. The first-order valence-corrected chi connectivity index (χ1v) is 8.45. The van der Waals surface area contributed by atoms with E-state index in [0.717, 1.165) is 56.1 Å². The van der Waals surface area contributed by atoms with Crippen LogP contribution in [0.15, 0.2) is 30.6 Å². The second-order valence-electron chi connectivity index (χ2n) is 6.00. The molecule has 2 heterocycles. The van der Waals surface area contributed by atoms with E-state index in [9.17, 15) is 0 Å². The SMILES string of the molecule is Cc1ccc(N)cc1C#Cc1cnc(NCCN2CCOCC2)nc1. The number of nitrogens with two attached hydrogens (primary N) is 1. The Morgan fingerprint density at radius 1 is 1.20 bits per heavy atom. The molecule has 0 aliphatic carbocycles. The largest absolute Gasteiger partial charge is 0.399 e. The van der Waals surface area contributed by atoms with Gasteiger partial charge in [0.1, 0.15) is 0 Å². The summed E-state index contributed by atoms with van der Waals surface area (Å²) in [6.45, 7) is 7.39. The number of benzene rings is 1. The molecule has 0 bridgehead atoms. The number of nitrogen functional groups attached to an aromatic ring is 1. The van der Waals surface area contributed by atoms with Crippen LogP contribution in [-0.4, -0.2) is 54.3 Å². The molecule has 25 heavy (non-hydrogen) atoms. The van der Waals surface area contributed by atoms with E-state index >= 15 is 0 Å². The standard InChI is InChI=1S/C19H23N5O/c1-15-2-5-18(20)12-17(15)4-3-16-13-22-19(23-14-16)21-6-7-24-8-10-25-11-9-24/h2,5,12-14H,6-11,20H2,1H3,(H,21,22,23). The summed E-state index contributed by atoms with van der Waals surface area (Å²) >= 11 is 0. The van der Waals surface area contributed by atoms with Crippen LogP contribution in [-0.2, 0) is 4.74 Å². The maximum Gasteiger partial charge on any atom is 0.222 e. The van der Waals surface area contributed by atoms with Gasteiger partial charge in [-0.1, -0.05) is 17.9 Å². The summed E-state index contributed by atoms with van der Waals surface area (Å²) in [4.78, 5) is 11.0. The summed E-state index contributed by atoms with van der Waals surface area (Å²) in [7, 11) is 0. The highest BCUT2D eigenvalue weighted by Crippen LogP contribution is 2.11. The van der Waals surface area contributed by atoms with Crippen molar-refractivity contribution in [3.05, 3.63) is 47.3 Å². The van der Waals surface area contributed by atoms with Gasteiger partial charge in [0.25, 0.3) is 0 Å². The van der Waals surface area contributed by atoms with Crippen molar-refractivity contribution < 1.29 is 4.74 Å². The molecule has 0 atom stereocenters. The average Bonchev–Trinajstić information content (AvgIpc) is 2.64. The number of aromatic nitrogens is 2. The van der Waals surface area contributed by atoms with Crippen LogP contribution in [0, 0.1) is 18.8 Å². The number of hydrogen-bond acceptors (Lipinski definition) is 6. The Kier molecular flexibility index (Phi) is 5.83. The lowest BCUT2D eigenvalue weighted by molar-refractivity contribution is 0.0398. The highest BCUT2D eigenvalue weighted by atomic mass is 16.5. The molecule has 0 radical (unpaired) electrons. The normalized spacial score (nSPS) is 14.6. The zero-order valence-corrected chi connectivity index (χ0v) is 14.5. The molecule has 6 heteroatoms. The minimum Gasteiger partial charge on any atom is -0.399 e. The van der Waals surface area contributed by atoms with Crippen LogP contribution in [0.2, 0.25) is 0 Å². The second kappa shape index (κ2) is 8.47. The molecule has 1 aliphatic rings. The van der Waals surface area contributed by atoms with E-state index < -0.39 is 0 Å². The predicted molar refractivity (Wildman–Crippen MR) is 99.4 cm³/mol. The van der Waals surface area contributed by atoms with Gasteiger partial charge < -0.3 is 15.8 Å². The van der Waals surface area contributed by atoms with E-state index in [1.807, 2.05) is 25.1 Å². The number of aryl methyl sites for hydroxylation is 1. The third-order valence-electron chi connectivity index (χ3n) is 4.07. The lowest BCUT2D eigenvalue weighted by Gasteiger charge is -2.26. The van der Waals surface area contributed by atoms with E-state index in [1.54, 1.807) is 12.4 Å². The Morgan fingerprint density at radius 3 is 2.72 bits per heavy atom. The molecule has 0 amide bonds. The van der Waals surface area contributed by atoms with Gasteiger partial charge in [-0.05, 0) is 24.6 Å². The summed E-state index contributed by atoms with van der Waals surface area (Å²) in [5.41, 5.74) is 9.32. The van der Waals surface area contributed by atoms with Crippen molar-refractivity contribution in [2.75, 3.05) is 50.4 Å². The summed E-state index contributed by atoms with van der Waals surface area (Å²) in [6.07, 6.45) is 3.47. The first-order valence-electron chi connectivity index (χ1n) is 8.45. The van der Waals surface area contributed by atoms with Gasteiger partial charge in [-0.2, -0.15) is 0 Å². The first kappa shape index (κ1) is 17.2. The molecule has 0 unspecified atom stereocenters. The maximum absolute atomic E-state index is 5.81. The number of anilines is 2. The molecule has 1 saturated heterocycles. The van der Waals surface area contributed by atoms with Crippen LogP contribution < -0.4 is 11.1 Å². The first-order chi connectivity index (χ1) is 12.2. The summed E-state index contributed by atoms with van der Waals surface area (Å²) in [5, 5.41) is 3.24. The third kappa shape index (κ3) is 5.18. The quantitative estimate of drug-likeness (QED) is 0.651. The third-order valence-corrected chi connectivity index (χ3v) is 4.07. The molecular weight excluding hydrogens is 314 g/mol. The Balaban J connectivity index is 1.53. The maximum atomic E-state index is 5.81. The second-order valence-corrected chi connectivity index (χ2v) is 6.00. The van der Waals surface area contributed by atoms with Gasteiger partial charge in [0, 0.05) is 49.8 Å². The lowest BCUT2D eigenvalue weighted by Crippen LogP contribution is -2.39. The number of nitrogens with one attached hydrogen (secondary N) is 1. The van der Waals surface area contributed by atoms with Crippen molar-refractivity contribution >= 4 is 11.6 Å². The number of nitrogens with zero attached hydrogens (tertiary/aromatic N) is 3. The number of rotatable bonds is 4. The van der Waals surface area contributed by atoms with Gasteiger partial charge in [0.05, 0.1) is 18.8 Å². The summed E-state index contributed by atoms with van der Waals surface area (Å²) in [6, 6.07) is 5.73.